The van der Waals surface area contributed by atoms with Gasteiger partial charge in [-0.2, -0.15) is 15.2 Å². The second-order valence-corrected chi connectivity index (χ2v) is 4.00. The Balaban J connectivity index is 2.15. The van der Waals surface area contributed by atoms with Crippen LogP contribution >= 0.6 is 11.8 Å². The average Bonchev–Trinajstić information content (AvgIpc) is 2.65. The molecule has 2 rings (SSSR count). The second-order valence-electron chi connectivity index (χ2n) is 2.91. The molecule has 1 aromatic carbocycles. The van der Waals surface area contributed by atoms with E-state index in [4.69, 9.17) is 5.26 Å². The number of nitrogens with zero attached hydrogens (tertiary/aromatic N) is 4. The first kappa shape index (κ1) is 9.74. The summed E-state index contributed by atoms with van der Waals surface area (Å²) in [6.45, 7) is 0. The number of hydrogen-bond donors (Lipinski definition) is 0. The highest BCUT2D eigenvalue weighted by Crippen LogP contribution is 2.25. The van der Waals surface area contributed by atoms with Gasteiger partial charge < -0.3 is 0 Å². The predicted octanol–water partition coefficient (Wildman–Crippen LogP) is 1.84. The summed E-state index contributed by atoms with van der Waals surface area (Å²) in [6.07, 6.45) is 1.71. The SMILES string of the molecule is Cn1ncc(Sc2ccc(C#N)cc2)n1. The van der Waals surface area contributed by atoms with Gasteiger partial charge in [0, 0.05) is 11.9 Å². The third-order valence-electron chi connectivity index (χ3n) is 1.78. The first-order valence-electron chi connectivity index (χ1n) is 4.32. The summed E-state index contributed by atoms with van der Waals surface area (Å²) < 4.78 is 0. The van der Waals surface area contributed by atoms with E-state index in [1.165, 1.54) is 16.6 Å². The molecule has 0 amide bonds. The first-order chi connectivity index (χ1) is 7.28. The molecule has 0 saturated heterocycles. The van der Waals surface area contributed by atoms with Crippen molar-refractivity contribution in [1.29, 1.82) is 5.26 Å². The van der Waals surface area contributed by atoms with Crippen molar-refractivity contribution in [3.63, 3.8) is 0 Å². The average molecular weight is 216 g/mol. The Hall–Kier alpha value is -1.80. The van der Waals surface area contributed by atoms with Crippen molar-refractivity contribution in [2.24, 2.45) is 7.05 Å². The minimum Gasteiger partial charge on any atom is -0.192 e. The van der Waals surface area contributed by atoms with Crippen LogP contribution in [0.15, 0.2) is 40.4 Å². The molecule has 0 atom stereocenters. The van der Waals surface area contributed by atoms with Gasteiger partial charge in [0.25, 0.3) is 0 Å². The molecular formula is C10H8N4S. The highest BCUT2D eigenvalue weighted by Gasteiger charge is 2.01. The molecule has 74 valence electrons. The Morgan fingerprint density at radius 3 is 2.60 bits per heavy atom. The highest BCUT2D eigenvalue weighted by molar-refractivity contribution is 7.99. The van der Waals surface area contributed by atoms with Crippen molar-refractivity contribution < 1.29 is 0 Å². The lowest BCUT2D eigenvalue weighted by Crippen LogP contribution is -1.91. The van der Waals surface area contributed by atoms with Gasteiger partial charge in [0.1, 0.15) is 5.03 Å². The summed E-state index contributed by atoms with van der Waals surface area (Å²) in [5.41, 5.74) is 0.665. The van der Waals surface area contributed by atoms with Crippen molar-refractivity contribution in [3.05, 3.63) is 36.0 Å². The van der Waals surface area contributed by atoms with Crippen LogP contribution in [0.25, 0.3) is 0 Å². The van der Waals surface area contributed by atoms with E-state index in [0.29, 0.717) is 5.56 Å². The molecule has 0 bridgehead atoms. The quantitative estimate of drug-likeness (QED) is 0.768. The molecule has 0 aliphatic carbocycles. The molecule has 0 fully saturated rings. The molecule has 0 aliphatic heterocycles. The van der Waals surface area contributed by atoms with Crippen LogP contribution in [-0.2, 0) is 7.05 Å². The fourth-order valence-corrected chi connectivity index (χ4v) is 1.86. The van der Waals surface area contributed by atoms with Gasteiger partial charge in [-0.3, -0.25) is 0 Å². The fraction of sp³-hybridized carbons (Fsp3) is 0.100. The molecule has 1 aromatic heterocycles. The lowest BCUT2D eigenvalue weighted by Gasteiger charge is -1.96. The van der Waals surface area contributed by atoms with Gasteiger partial charge in [-0.1, -0.05) is 11.8 Å². The largest absolute Gasteiger partial charge is 0.192 e. The summed E-state index contributed by atoms with van der Waals surface area (Å²) in [6, 6.07) is 9.46. The summed E-state index contributed by atoms with van der Waals surface area (Å²) in [5, 5.41) is 17.6. The lowest BCUT2D eigenvalue weighted by molar-refractivity contribution is 0.641. The van der Waals surface area contributed by atoms with Crippen LogP contribution in [0, 0.1) is 11.3 Å². The number of nitriles is 1. The second kappa shape index (κ2) is 4.15. The minimum absolute atomic E-state index is 0.665. The Morgan fingerprint density at radius 1 is 1.33 bits per heavy atom. The monoisotopic (exact) mass is 216 g/mol. The van der Waals surface area contributed by atoms with Crippen LogP contribution in [0.1, 0.15) is 5.56 Å². The van der Waals surface area contributed by atoms with Crippen LogP contribution in [0.5, 0.6) is 0 Å². The van der Waals surface area contributed by atoms with Crippen molar-refractivity contribution >= 4 is 11.8 Å². The maximum absolute atomic E-state index is 8.64. The summed E-state index contributed by atoms with van der Waals surface area (Å²) in [5.74, 6) is 0. The van der Waals surface area contributed by atoms with Crippen LogP contribution in [0.2, 0.25) is 0 Å². The summed E-state index contributed by atoms with van der Waals surface area (Å²) >= 11 is 1.52. The van der Waals surface area contributed by atoms with E-state index in [0.717, 1.165) is 9.92 Å². The first-order valence-corrected chi connectivity index (χ1v) is 5.14. The van der Waals surface area contributed by atoms with Gasteiger partial charge in [0.2, 0.25) is 0 Å². The van der Waals surface area contributed by atoms with Crippen molar-refractivity contribution in [3.8, 4) is 6.07 Å². The zero-order chi connectivity index (χ0) is 10.7. The molecule has 0 unspecified atom stereocenters. The van der Waals surface area contributed by atoms with Crippen LogP contribution < -0.4 is 0 Å². The Bertz CT molecular complexity index is 495. The van der Waals surface area contributed by atoms with E-state index < -0.39 is 0 Å². The maximum atomic E-state index is 8.64. The van der Waals surface area contributed by atoms with Crippen molar-refractivity contribution in [1.82, 2.24) is 15.0 Å². The Labute approximate surface area is 91.5 Å². The number of hydrogen-bond acceptors (Lipinski definition) is 4. The van der Waals surface area contributed by atoms with Crippen LogP contribution in [0.3, 0.4) is 0 Å². The third-order valence-corrected chi connectivity index (χ3v) is 2.69. The smallest absolute Gasteiger partial charge is 0.143 e. The Morgan fingerprint density at radius 2 is 2.07 bits per heavy atom. The summed E-state index contributed by atoms with van der Waals surface area (Å²) in [4.78, 5) is 2.57. The van der Waals surface area contributed by atoms with Gasteiger partial charge in [0.05, 0.1) is 17.8 Å². The van der Waals surface area contributed by atoms with Gasteiger partial charge >= 0.3 is 0 Å². The van der Waals surface area contributed by atoms with E-state index in [1.807, 2.05) is 12.1 Å². The normalized spacial score (nSPS) is 9.87. The molecule has 4 nitrogen and oxygen atoms in total. The van der Waals surface area contributed by atoms with E-state index in [-0.39, 0.29) is 0 Å². The highest BCUT2D eigenvalue weighted by atomic mass is 32.2. The topological polar surface area (TPSA) is 54.5 Å². The molecule has 5 heteroatoms. The standard InChI is InChI=1S/C10H8N4S/c1-14-12-7-10(13-14)15-9-4-2-8(6-11)3-5-9/h2-5,7H,1H3. The number of benzene rings is 1. The molecule has 1 heterocycles. The number of rotatable bonds is 2. The zero-order valence-corrected chi connectivity index (χ0v) is 8.90. The maximum Gasteiger partial charge on any atom is 0.143 e. The van der Waals surface area contributed by atoms with Gasteiger partial charge in [-0.15, -0.1) is 5.10 Å². The van der Waals surface area contributed by atoms with Crippen LogP contribution in [-0.4, -0.2) is 15.0 Å². The Kier molecular flexibility index (Phi) is 2.70. The molecular weight excluding hydrogens is 208 g/mol. The van der Waals surface area contributed by atoms with E-state index >= 15 is 0 Å². The molecule has 0 spiro atoms. The minimum atomic E-state index is 0.665. The number of aromatic nitrogens is 3. The fourth-order valence-electron chi connectivity index (χ4n) is 1.09. The van der Waals surface area contributed by atoms with Gasteiger partial charge in [0.15, 0.2) is 0 Å². The van der Waals surface area contributed by atoms with E-state index in [9.17, 15) is 0 Å². The summed E-state index contributed by atoms with van der Waals surface area (Å²) in [7, 11) is 1.78. The van der Waals surface area contributed by atoms with Crippen molar-refractivity contribution in [2.75, 3.05) is 0 Å². The van der Waals surface area contributed by atoms with Crippen molar-refractivity contribution in [2.45, 2.75) is 9.92 Å². The molecule has 0 radical (unpaired) electrons. The molecule has 0 aliphatic rings. The van der Waals surface area contributed by atoms with E-state index in [1.54, 1.807) is 25.4 Å². The molecule has 0 N–H and O–H groups in total. The third kappa shape index (κ3) is 2.36. The molecule has 15 heavy (non-hydrogen) atoms. The lowest BCUT2D eigenvalue weighted by atomic mass is 10.2. The number of aryl methyl sites for hydroxylation is 1. The van der Waals surface area contributed by atoms with Crippen LogP contribution in [0.4, 0.5) is 0 Å². The van der Waals surface area contributed by atoms with E-state index in [2.05, 4.69) is 16.3 Å². The predicted molar refractivity (Wildman–Crippen MR) is 56.3 cm³/mol. The van der Waals surface area contributed by atoms with Gasteiger partial charge in [-0.25, -0.2) is 0 Å². The zero-order valence-electron chi connectivity index (χ0n) is 8.08. The molecule has 2 aromatic rings. The molecule has 0 saturated carbocycles. The van der Waals surface area contributed by atoms with Gasteiger partial charge in [-0.05, 0) is 24.3 Å².